The Morgan fingerprint density at radius 1 is 0.426 bits per heavy atom. The van der Waals surface area contributed by atoms with Crippen molar-refractivity contribution < 1.29 is 0 Å². The van der Waals surface area contributed by atoms with Gasteiger partial charge in [0.2, 0.25) is 0 Å². The van der Waals surface area contributed by atoms with Gasteiger partial charge in [-0.05, 0) is 83.9 Å². The number of benzene rings is 7. The molecule has 0 atom stereocenters. The number of fused-ring (bicyclic) bond motifs is 10. The molecule has 0 fully saturated rings. The molecule has 47 heavy (non-hydrogen) atoms. The van der Waals surface area contributed by atoms with Crippen LogP contribution in [0.5, 0.6) is 0 Å². The number of pyridine rings is 2. The molecule has 0 saturated carbocycles. The van der Waals surface area contributed by atoms with Crippen molar-refractivity contribution in [1.29, 1.82) is 0 Å². The van der Waals surface area contributed by atoms with E-state index in [0.717, 1.165) is 33.1 Å². The fraction of sp³-hybridized carbons (Fsp3) is 0.0667. The van der Waals surface area contributed by atoms with Crippen LogP contribution in [0.1, 0.15) is 25.0 Å². The average Bonchev–Trinajstić information content (AvgIpc) is 3.36. The van der Waals surface area contributed by atoms with Gasteiger partial charge in [-0.2, -0.15) is 0 Å². The van der Waals surface area contributed by atoms with E-state index in [9.17, 15) is 0 Å². The van der Waals surface area contributed by atoms with E-state index in [4.69, 9.17) is 9.97 Å². The Kier molecular flexibility index (Phi) is 5.37. The molecule has 2 heterocycles. The summed E-state index contributed by atoms with van der Waals surface area (Å²) in [6, 6.07) is 50.9. The highest BCUT2D eigenvalue weighted by molar-refractivity contribution is 6.24. The van der Waals surface area contributed by atoms with Gasteiger partial charge in [0, 0.05) is 27.9 Å². The molecular formula is C45H30N2. The zero-order valence-electron chi connectivity index (χ0n) is 26.3. The van der Waals surface area contributed by atoms with Gasteiger partial charge in [-0.3, -0.25) is 4.98 Å². The number of hydrogen-bond acceptors (Lipinski definition) is 2. The fourth-order valence-electron chi connectivity index (χ4n) is 8.31. The van der Waals surface area contributed by atoms with Gasteiger partial charge in [-0.25, -0.2) is 4.98 Å². The zero-order valence-corrected chi connectivity index (χ0v) is 26.3. The van der Waals surface area contributed by atoms with Gasteiger partial charge in [-0.1, -0.05) is 135 Å². The van der Waals surface area contributed by atoms with E-state index >= 15 is 0 Å². The van der Waals surface area contributed by atoms with Crippen LogP contribution in [0.15, 0.2) is 146 Å². The molecule has 10 rings (SSSR count). The van der Waals surface area contributed by atoms with Crippen molar-refractivity contribution in [3.8, 4) is 33.5 Å². The normalized spacial score (nSPS) is 13.5. The maximum atomic E-state index is 5.35. The maximum absolute atomic E-state index is 5.35. The highest BCUT2D eigenvalue weighted by Gasteiger charge is 2.37. The lowest BCUT2D eigenvalue weighted by Crippen LogP contribution is -2.15. The molecule has 1 aliphatic rings. The lowest BCUT2D eigenvalue weighted by Gasteiger charge is -2.24. The first-order valence-electron chi connectivity index (χ1n) is 16.3. The van der Waals surface area contributed by atoms with Gasteiger partial charge >= 0.3 is 0 Å². The summed E-state index contributed by atoms with van der Waals surface area (Å²) in [5, 5.41) is 9.66. The molecule has 0 N–H and O–H groups in total. The van der Waals surface area contributed by atoms with Crippen LogP contribution in [0.25, 0.3) is 87.6 Å². The molecule has 0 aliphatic heterocycles. The van der Waals surface area contributed by atoms with E-state index in [1.807, 2.05) is 12.3 Å². The first-order valence-corrected chi connectivity index (χ1v) is 16.3. The van der Waals surface area contributed by atoms with Crippen molar-refractivity contribution in [2.75, 3.05) is 0 Å². The minimum Gasteiger partial charge on any atom is -0.254 e. The highest BCUT2D eigenvalue weighted by atomic mass is 14.8. The van der Waals surface area contributed by atoms with Gasteiger partial charge in [-0.15, -0.1) is 0 Å². The van der Waals surface area contributed by atoms with E-state index < -0.39 is 0 Å². The van der Waals surface area contributed by atoms with Crippen LogP contribution in [0.4, 0.5) is 0 Å². The van der Waals surface area contributed by atoms with Crippen molar-refractivity contribution in [3.63, 3.8) is 0 Å². The lowest BCUT2D eigenvalue weighted by atomic mass is 9.79. The van der Waals surface area contributed by atoms with Crippen LogP contribution in [0.3, 0.4) is 0 Å². The van der Waals surface area contributed by atoms with Crippen molar-refractivity contribution in [2.45, 2.75) is 19.3 Å². The van der Waals surface area contributed by atoms with Crippen LogP contribution in [0.2, 0.25) is 0 Å². The molecule has 0 spiro atoms. The van der Waals surface area contributed by atoms with Gasteiger partial charge in [0.05, 0.1) is 16.7 Å². The van der Waals surface area contributed by atoms with Crippen LogP contribution in [0, 0.1) is 0 Å². The van der Waals surface area contributed by atoms with E-state index in [1.165, 1.54) is 65.7 Å². The van der Waals surface area contributed by atoms with Gasteiger partial charge in [0.1, 0.15) is 0 Å². The number of nitrogens with zero attached hydrogens (tertiary/aromatic N) is 2. The largest absolute Gasteiger partial charge is 0.254 e. The van der Waals surface area contributed by atoms with Crippen LogP contribution in [-0.4, -0.2) is 9.97 Å². The predicted octanol–water partition coefficient (Wildman–Crippen LogP) is 11.9. The van der Waals surface area contributed by atoms with Crippen LogP contribution < -0.4 is 0 Å². The Bertz CT molecular complexity index is 2710. The molecule has 0 unspecified atom stereocenters. The second-order valence-electron chi connectivity index (χ2n) is 13.3. The minimum absolute atomic E-state index is 0.109. The Morgan fingerprint density at radius 2 is 0.979 bits per heavy atom. The second kappa shape index (κ2) is 9.57. The molecule has 2 nitrogen and oxygen atoms in total. The molecule has 9 aromatic rings. The smallest absolute Gasteiger partial charge is 0.0972 e. The van der Waals surface area contributed by atoms with E-state index in [1.54, 1.807) is 0 Å². The predicted molar refractivity (Wildman–Crippen MR) is 198 cm³/mol. The monoisotopic (exact) mass is 598 g/mol. The minimum atomic E-state index is -0.109. The first kappa shape index (κ1) is 26.4. The average molecular weight is 599 g/mol. The second-order valence-corrected chi connectivity index (χ2v) is 13.3. The molecule has 220 valence electrons. The summed E-state index contributed by atoms with van der Waals surface area (Å²) in [6.45, 7) is 4.75. The highest BCUT2D eigenvalue weighted by Crippen LogP contribution is 2.54. The topological polar surface area (TPSA) is 25.8 Å². The van der Waals surface area contributed by atoms with Crippen molar-refractivity contribution in [3.05, 3.63) is 157 Å². The summed E-state index contributed by atoms with van der Waals surface area (Å²) >= 11 is 0. The molecule has 2 heteroatoms. The summed E-state index contributed by atoms with van der Waals surface area (Å²) in [5.41, 5.74) is 11.9. The van der Waals surface area contributed by atoms with E-state index in [-0.39, 0.29) is 5.41 Å². The third kappa shape index (κ3) is 3.61. The quantitative estimate of drug-likeness (QED) is 0.146. The number of rotatable bonds is 2. The van der Waals surface area contributed by atoms with Crippen molar-refractivity contribution in [1.82, 2.24) is 9.97 Å². The summed E-state index contributed by atoms with van der Waals surface area (Å²) in [6.07, 6.45) is 1.86. The van der Waals surface area contributed by atoms with Crippen LogP contribution >= 0.6 is 0 Å². The van der Waals surface area contributed by atoms with Crippen molar-refractivity contribution in [2.24, 2.45) is 0 Å². The zero-order chi connectivity index (χ0) is 31.3. The van der Waals surface area contributed by atoms with E-state index in [2.05, 4.69) is 147 Å². The third-order valence-corrected chi connectivity index (χ3v) is 10.5. The Labute approximate surface area is 273 Å². The van der Waals surface area contributed by atoms with Crippen LogP contribution in [-0.2, 0) is 5.41 Å². The Morgan fingerprint density at radius 3 is 1.68 bits per heavy atom. The molecule has 2 aromatic heterocycles. The summed E-state index contributed by atoms with van der Waals surface area (Å²) in [4.78, 5) is 10.1. The molecule has 0 amide bonds. The van der Waals surface area contributed by atoms with E-state index in [0.29, 0.717) is 0 Å². The molecule has 0 bridgehead atoms. The Hall–Kier alpha value is -5.86. The molecular weight excluding hydrogens is 569 g/mol. The van der Waals surface area contributed by atoms with Crippen molar-refractivity contribution >= 4 is 54.1 Å². The van der Waals surface area contributed by atoms with Gasteiger partial charge < -0.3 is 0 Å². The SMILES string of the molecule is CC1(C)c2ccccc2-c2c1cc(-c1c3ccccc3c(-c3ccc4ccc5cccnc5c4n3)c3ccccc13)c1ccccc21. The standard InChI is InChI=1S/C45H30N2/c1-45(2)37-20-10-9-19-35(37)41-30-14-4-3-13-29(30)36(26-38(41)45)40-31-15-5-7-17-33(31)42(34-18-8-6-16-32(34)40)39-24-23-28-22-21-27-12-11-25-46-43(27)44(28)47-39/h3-26H,1-2H3. The maximum Gasteiger partial charge on any atom is 0.0972 e. The lowest BCUT2D eigenvalue weighted by molar-refractivity contribution is 0.661. The summed E-state index contributed by atoms with van der Waals surface area (Å²) < 4.78 is 0. The number of hydrogen-bond donors (Lipinski definition) is 0. The van der Waals surface area contributed by atoms with Gasteiger partial charge in [0.15, 0.2) is 0 Å². The Balaban J connectivity index is 1.33. The first-order chi connectivity index (χ1) is 23.1. The summed E-state index contributed by atoms with van der Waals surface area (Å²) in [7, 11) is 0. The number of aromatic nitrogens is 2. The molecule has 7 aromatic carbocycles. The fourth-order valence-corrected chi connectivity index (χ4v) is 8.31. The summed E-state index contributed by atoms with van der Waals surface area (Å²) in [5.74, 6) is 0. The molecule has 0 saturated heterocycles. The molecule has 1 aliphatic carbocycles. The third-order valence-electron chi connectivity index (χ3n) is 10.5. The molecule has 0 radical (unpaired) electrons. The van der Waals surface area contributed by atoms with Gasteiger partial charge in [0.25, 0.3) is 0 Å².